The molecule has 0 unspecified atom stereocenters. The summed E-state index contributed by atoms with van der Waals surface area (Å²) in [6.45, 7) is 36.9. The Hall–Kier alpha value is -1.04. The van der Waals surface area contributed by atoms with E-state index < -0.39 is 0 Å². The van der Waals surface area contributed by atoms with Crippen LogP contribution >= 0.6 is 0 Å². The van der Waals surface area contributed by atoms with Crippen LogP contribution in [0.5, 0.6) is 0 Å². The molecule has 0 saturated heterocycles. The number of unbranched alkanes of at least 4 members (excludes halogenated alkanes) is 14. The lowest BCUT2D eigenvalue weighted by Crippen LogP contribution is -1.86. The van der Waals surface area contributed by atoms with Crippen molar-refractivity contribution in [3.8, 4) is 0 Å². The third-order valence-electron chi connectivity index (χ3n) is 11.4. The molecule has 0 spiro atoms. The highest BCUT2D eigenvalue weighted by Gasteiger charge is 1.97. The zero-order valence-electron chi connectivity index (χ0n) is 46.5. The maximum Gasteiger partial charge on any atom is -0.0351 e. The van der Waals surface area contributed by atoms with Crippen LogP contribution in [0.25, 0.3) is 0 Å². The van der Waals surface area contributed by atoms with Crippen molar-refractivity contribution in [3.05, 3.63) is 48.6 Å². The van der Waals surface area contributed by atoms with Gasteiger partial charge in [0.1, 0.15) is 0 Å². The normalized spacial score (nSPS) is 12.1. The maximum atomic E-state index is 2.39. The molecular weight excluding hydrogens is 745 g/mol. The smallest absolute Gasteiger partial charge is 0.0351 e. The summed E-state index contributed by atoms with van der Waals surface area (Å²) in [5.41, 5.74) is 0. The Morgan fingerprint density at radius 2 is 0.290 bits per heavy atom. The van der Waals surface area contributed by atoms with Crippen LogP contribution in [0.2, 0.25) is 0 Å². The summed E-state index contributed by atoms with van der Waals surface area (Å²) in [5.74, 6) is 6.96. The Morgan fingerprint density at radius 1 is 0.161 bits per heavy atom. The van der Waals surface area contributed by atoms with Gasteiger partial charge in [0.05, 0.1) is 0 Å². The predicted molar refractivity (Wildman–Crippen MR) is 294 cm³/mol. The van der Waals surface area contributed by atoms with Crippen LogP contribution in [0.3, 0.4) is 0 Å². The molecule has 0 aromatic rings. The summed E-state index contributed by atoms with van der Waals surface area (Å²) in [5, 5.41) is 0. The predicted octanol–water partition coefficient (Wildman–Crippen LogP) is 23.1. The number of hydrogen-bond acceptors (Lipinski definition) is 0. The fourth-order valence-electron chi connectivity index (χ4n) is 7.14. The molecule has 62 heavy (non-hydrogen) atoms. The minimum absolute atomic E-state index is 0.865. The van der Waals surface area contributed by atoms with Crippen LogP contribution < -0.4 is 0 Å². The van der Waals surface area contributed by atoms with Gasteiger partial charge in [0, 0.05) is 0 Å². The van der Waals surface area contributed by atoms with Crippen LogP contribution in [0, 0.1) is 47.3 Å². The minimum Gasteiger partial charge on any atom is -0.0885 e. The largest absolute Gasteiger partial charge is 0.0885 e. The van der Waals surface area contributed by atoms with Gasteiger partial charge in [-0.3, -0.25) is 0 Å². The molecule has 0 heterocycles. The molecule has 0 radical (unpaired) electrons. The second-order valence-electron chi connectivity index (χ2n) is 22.6. The average Bonchev–Trinajstić information content (AvgIpc) is 3.18. The second kappa shape index (κ2) is 56.1. The van der Waals surface area contributed by atoms with Crippen LogP contribution in [-0.4, -0.2) is 0 Å². The van der Waals surface area contributed by atoms with Gasteiger partial charge >= 0.3 is 0 Å². The number of rotatable bonds is 38. The summed E-state index contributed by atoms with van der Waals surface area (Å²) in [4.78, 5) is 0. The molecule has 372 valence electrons. The van der Waals surface area contributed by atoms with Gasteiger partial charge in [-0.05, 0) is 150 Å². The standard InChI is InChI=1S/2C17H34.2C14H28/c2*1-16(2)14-12-10-8-6-5-7-9-11-13-15-17(3)4;2*1-13(2)11-9-7-5-6-8-10-12-14(3)4/h2*6,8,16-17H,5,7,9-15H2,1-4H3;2*5-6,13-14H,7-12H2,1-4H3/b8-6+;8-6-;6-5+;6-5-. The van der Waals surface area contributed by atoms with Gasteiger partial charge in [0.2, 0.25) is 0 Å². The fourth-order valence-corrected chi connectivity index (χ4v) is 7.14. The van der Waals surface area contributed by atoms with E-state index in [9.17, 15) is 0 Å². The van der Waals surface area contributed by atoms with Gasteiger partial charge in [-0.25, -0.2) is 0 Å². The highest BCUT2D eigenvalue weighted by Crippen LogP contribution is 2.14. The highest BCUT2D eigenvalue weighted by molar-refractivity contribution is 4.83. The van der Waals surface area contributed by atoms with E-state index >= 15 is 0 Å². The lowest BCUT2D eigenvalue weighted by molar-refractivity contribution is 0.521. The molecule has 0 aliphatic heterocycles. The first-order valence-corrected chi connectivity index (χ1v) is 28.1. The van der Waals surface area contributed by atoms with E-state index in [1.807, 2.05) is 0 Å². The number of hydrogen-bond donors (Lipinski definition) is 0. The van der Waals surface area contributed by atoms with Crippen molar-refractivity contribution in [1.29, 1.82) is 0 Å². The van der Waals surface area contributed by atoms with Crippen LogP contribution in [0.4, 0.5) is 0 Å². The van der Waals surface area contributed by atoms with Gasteiger partial charge in [-0.2, -0.15) is 0 Å². The summed E-state index contributed by atoms with van der Waals surface area (Å²) < 4.78 is 0. The molecule has 0 bridgehead atoms. The molecular formula is C62H124. The highest BCUT2D eigenvalue weighted by atomic mass is 14.0. The summed E-state index contributed by atoms with van der Waals surface area (Å²) in [7, 11) is 0. The zero-order valence-corrected chi connectivity index (χ0v) is 46.5. The topological polar surface area (TPSA) is 0 Å². The van der Waals surface area contributed by atoms with E-state index in [-0.39, 0.29) is 0 Å². The Balaban J connectivity index is -0.000000363. The quantitative estimate of drug-likeness (QED) is 0.0428. The van der Waals surface area contributed by atoms with E-state index in [1.165, 1.54) is 193 Å². The molecule has 0 aliphatic carbocycles. The average molecular weight is 870 g/mol. The Bertz CT molecular complexity index is 781. The third-order valence-corrected chi connectivity index (χ3v) is 11.4. The Morgan fingerprint density at radius 3 is 0.452 bits per heavy atom. The molecule has 0 aromatic carbocycles. The second-order valence-corrected chi connectivity index (χ2v) is 22.6. The molecule has 0 aromatic heterocycles. The molecule has 0 rings (SSSR count). The lowest BCUT2D eigenvalue weighted by atomic mass is 10.0. The molecule has 0 amide bonds. The zero-order chi connectivity index (χ0) is 47.5. The van der Waals surface area contributed by atoms with Crippen LogP contribution in [0.1, 0.15) is 303 Å². The number of allylic oxidation sites excluding steroid dienone is 8. The van der Waals surface area contributed by atoms with Crippen molar-refractivity contribution < 1.29 is 0 Å². The van der Waals surface area contributed by atoms with E-state index in [1.54, 1.807) is 0 Å². The van der Waals surface area contributed by atoms with Gasteiger partial charge in [0.15, 0.2) is 0 Å². The molecule has 0 heteroatoms. The van der Waals surface area contributed by atoms with Crippen molar-refractivity contribution in [1.82, 2.24) is 0 Å². The Kier molecular flexibility index (Phi) is 61.1. The van der Waals surface area contributed by atoms with Crippen molar-refractivity contribution in [2.75, 3.05) is 0 Å². The first-order chi connectivity index (χ1) is 29.5. The maximum absolute atomic E-state index is 2.39. The van der Waals surface area contributed by atoms with Gasteiger partial charge < -0.3 is 0 Å². The Labute approximate surface area is 397 Å². The summed E-state index contributed by atoms with van der Waals surface area (Å²) in [6, 6.07) is 0. The van der Waals surface area contributed by atoms with Crippen molar-refractivity contribution in [2.24, 2.45) is 47.3 Å². The first-order valence-electron chi connectivity index (χ1n) is 28.1. The van der Waals surface area contributed by atoms with Gasteiger partial charge in [-0.15, -0.1) is 0 Å². The fraction of sp³-hybridized carbons (Fsp3) is 0.871. The SMILES string of the molecule is CC(C)CCC/C=C/CCCC(C)C.CC(C)CCC/C=C/CCCCCCC(C)C.CC(C)CCC/C=C\CCCC(C)C.CC(C)CCC/C=C\CCCCCCC(C)C. The molecule has 0 aliphatic rings. The van der Waals surface area contributed by atoms with Gasteiger partial charge in [0.25, 0.3) is 0 Å². The van der Waals surface area contributed by atoms with Crippen LogP contribution in [0.15, 0.2) is 48.6 Å². The van der Waals surface area contributed by atoms with Crippen molar-refractivity contribution >= 4 is 0 Å². The van der Waals surface area contributed by atoms with E-state index in [0.29, 0.717) is 0 Å². The molecule has 0 N–H and O–H groups in total. The first kappa shape index (κ1) is 67.6. The van der Waals surface area contributed by atoms with E-state index in [0.717, 1.165) is 47.3 Å². The third kappa shape index (κ3) is 82.6. The van der Waals surface area contributed by atoms with Gasteiger partial charge in [-0.1, -0.05) is 249 Å². The monoisotopic (exact) mass is 869 g/mol. The molecule has 0 atom stereocenters. The van der Waals surface area contributed by atoms with Crippen molar-refractivity contribution in [2.45, 2.75) is 303 Å². The van der Waals surface area contributed by atoms with E-state index in [4.69, 9.17) is 0 Å². The molecule has 0 saturated carbocycles. The van der Waals surface area contributed by atoms with Crippen molar-refractivity contribution in [3.63, 3.8) is 0 Å². The summed E-state index contributed by atoms with van der Waals surface area (Å²) in [6.07, 6.45) is 59.8. The lowest BCUT2D eigenvalue weighted by Gasteiger charge is -2.03. The molecule has 0 fully saturated rings. The van der Waals surface area contributed by atoms with Crippen LogP contribution in [-0.2, 0) is 0 Å². The molecule has 0 nitrogen and oxygen atoms in total. The van der Waals surface area contributed by atoms with E-state index in [2.05, 4.69) is 159 Å². The summed E-state index contributed by atoms with van der Waals surface area (Å²) >= 11 is 0. The minimum atomic E-state index is 0.865.